The molecule has 1 fully saturated rings. The zero-order valence-electron chi connectivity index (χ0n) is 13.6. The van der Waals surface area contributed by atoms with Crippen molar-refractivity contribution in [1.29, 1.82) is 0 Å². The van der Waals surface area contributed by atoms with E-state index in [-0.39, 0.29) is 17.7 Å². The van der Waals surface area contributed by atoms with Crippen LogP contribution >= 0.6 is 24.2 Å². The second kappa shape index (κ2) is 9.43. The fourth-order valence-corrected chi connectivity index (χ4v) is 3.84. The minimum Gasteiger partial charge on any atom is -0.340 e. The molecule has 1 heterocycles. The fraction of sp³-hybridized carbons (Fsp3) is 0.588. The molecule has 3 nitrogen and oxygen atoms in total. The van der Waals surface area contributed by atoms with Crippen molar-refractivity contribution < 1.29 is 4.79 Å². The molecule has 2 rings (SSSR count). The number of benzene rings is 1. The van der Waals surface area contributed by atoms with E-state index >= 15 is 0 Å². The molecule has 1 amide bonds. The number of nitrogens with zero attached hydrogens (tertiary/aromatic N) is 1. The maximum Gasteiger partial charge on any atom is 0.236 e. The first-order valence-corrected chi connectivity index (χ1v) is 8.67. The summed E-state index contributed by atoms with van der Waals surface area (Å²) in [5, 5.41) is 3.31. The molecule has 5 heteroatoms. The lowest BCUT2D eigenvalue weighted by Crippen LogP contribution is -2.50. The van der Waals surface area contributed by atoms with Crippen LogP contribution in [0, 0.1) is 5.92 Å². The number of likely N-dealkylation sites (tertiary alicyclic amines) is 1. The number of thioether (sulfide) groups is 1. The Morgan fingerprint density at radius 3 is 2.59 bits per heavy atom. The first-order chi connectivity index (χ1) is 10.1. The summed E-state index contributed by atoms with van der Waals surface area (Å²) in [6.07, 6.45) is 2.26. The largest absolute Gasteiger partial charge is 0.340 e. The highest BCUT2D eigenvalue weighted by atomic mass is 35.5. The quantitative estimate of drug-likeness (QED) is 0.832. The molecule has 2 unspecified atom stereocenters. The van der Waals surface area contributed by atoms with Crippen molar-refractivity contribution in [1.82, 2.24) is 10.2 Å². The van der Waals surface area contributed by atoms with Crippen LogP contribution in [-0.4, -0.2) is 42.2 Å². The molecule has 0 aromatic heterocycles. The number of hydrogen-bond acceptors (Lipinski definition) is 3. The average molecular weight is 343 g/mol. The molecule has 0 spiro atoms. The summed E-state index contributed by atoms with van der Waals surface area (Å²) < 4.78 is 0. The fourth-order valence-electron chi connectivity index (χ4n) is 2.71. The average Bonchev–Trinajstić information content (AvgIpc) is 2.52. The minimum atomic E-state index is 0. The minimum absolute atomic E-state index is 0. The number of carbonyl (C=O) groups is 1. The van der Waals surface area contributed by atoms with E-state index in [2.05, 4.69) is 31.3 Å². The molecule has 1 aliphatic heterocycles. The van der Waals surface area contributed by atoms with Gasteiger partial charge in [0.05, 0.1) is 5.25 Å². The zero-order valence-corrected chi connectivity index (χ0v) is 15.3. The number of likely N-dealkylation sites (N-methyl/N-ethyl adjacent to an activating group) is 1. The van der Waals surface area contributed by atoms with Crippen LogP contribution in [0.15, 0.2) is 35.2 Å². The van der Waals surface area contributed by atoms with Crippen LogP contribution in [0.5, 0.6) is 0 Å². The summed E-state index contributed by atoms with van der Waals surface area (Å²) in [6, 6.07) is 10.7. The lowest BCUT2D eigenvalue weighted by molar-refractivity contribution is -0.132. The maximum atomic E-state index is 12.9. The molecule has 1 saturated heterocycles. The summed E-state index contributed by atoms with van der Waals surface area (Å²) in [5.74, 6) is 0.622. The number of carbonyl (C=O) groups excluding carboxylic acids is 1. The summed E-state index contributed by atoms with van der Waals surface area (Å²) in [5.41, 5.74) is 0. The highest BCUT2D eigenvalue weighted by Gasteiger charge is 2.30. The Morgan fingerprint density at radius 2 is 2.00 bits per heavy atom. The van der Waals surface area contributed by atoms with E-state index in [9.17, 15) is 4.79 Å². The number of rotatable bonds is 5. The second-order valence-corrected chi connectivity index (χ2v) is 7.22. The molecule has 124 valence electrons. The second-order valence-electron chi connectivity index (χ2n) is 6.01. The highest BCUT2D eigenvalue weighted by Crippen LogP contribution is 2.30. The summed E-state index contributed by atoms with van der Waals surface area (Å²) in [7, 11) is 1.98. The normalized spacial score (nSPS) is 19.6. The Hall–Kier alpha value is -0.710. The van der Waals surface area contributed by atoms with Gasteiger partial charge in [-0.05, 0) is 37.9 Å². The molecule has 0 saturated carbocycles. The van der Waals surface area contributed by atoms with Gasteiger partial charge in [0.1, 0.15) is 0 Å². The number of amides is 1. The number of hydrogen-bond donors (Lipinski definition) is 1. The SMILES string of the molecule is CNC1CCCN(C(=O)C(Sc2ccccc2)C(C)C)C1.Cl. The number of piperidine rings is 1. The molecule has 0 radical (unpaired) electrons. The van der Waals surface area contributed by atoms with Crippen LogP contribution in [0.2, 0.25) is 0 Å². The zero-order chi connectivity index (χ0) is 15.2. The van der Waals surface area contributed by atoms with Crippen molar-refractivity contribution in [3.63, 3.8) is 0 Å². The van der Waals surface area contributed by atoms with Gasteiger partial charge in [-0.3, -0.25) is 4.79 Å². The van der Waals surface area contributed by atoms with E-state index in [4.69, 9.17) is 0 Å². The highest BCUT2D eigenvalue weighted by molar-refractivity contribution is 8.00. The molecule has 1 aromatic rings. The Bertz CT molecular complexity index is 455. The third-order valence-electron chi connectivity index (χ3n) is 4.00. The predicted octanol–water partition coefficient (Wildman–Crippen LogP) is 3.44. The van der Waals surface area contributed by atoms with Crippen LogP contribution in [-0.2, 0) is 4.79 Å². The van der Waals surface area contributed by atoms with E-state index in [1.165, 1.54) is 11.3 Å². The van der Waals surface area contributed by atoms with Crippen molar-refractivity contribution in [3.05, 3.63) is 30.3 Å². The van der Waals surface area contributed by atoms with Gasteiger partial charge in [0.2, 0.25) is 5.91 Å². The predicted molar refractivity (Wildman–Crippen MR) is 96.8 cm³/mol. The molecule has 1 N–H and O–H groups in total. The summed E-state index contributed by atoms with van der Waals surface area (Å²) in [4.78, 5) is 16.1. The Balaban J connectivity index is 0.00000242. The number of nitrogens with one attached hydrogen (secondary N) is 1. The lowest BCUT2D eigenvalue weighted by atomic mass is 10.0. The molecule has 2 atom stereocenters. The standard InChI is InChI=1S/C17H26N2OS.ClH/c1-13(2)16(21-15-9-5-4-6-10-15)17(20)19-11-7-8-14(12-19)18-3;/h4-6,9-10,13-14,16,18H,7-8,11-12H2,1-3H3;1H. The van der Waals surface area contributed by atoms with Crippen LogP contribution < -0.4 is 5.32 Å². The van der Waals surface area contributed by atoms with Gasteiger partial charge in [0.15, 0.2) is 0 Å². The van der Waals surface area contributed by atoms with Gasteiger partial charge < -0.3 is 10.2 Å². The molecule has 0 bridgehead atoms. The van der Waals surface area contributed by atoms with Gasteiger partial charge in [0, 0.05) is 24.0 Å². The maximum absolute atomic E-state index is 12.9. The Kier molecular flexibility index (Phi) is 8.29. The van der Waals surface area contributed by atoms with E-state index < -0.39 is 0 Å². The van der Waals surface area contributed by atoms with Gasteiger partial charge in [0.25, 0.3) is 0 Å². The van der Waals surface area contributed by atoms with E-state index in [0.717, 1.165) is 19.5 Å². The van der Waals surface area contributed by atoms with Gasteiger partial charge >= 0.3 is 0 Å². The molecular formula is C17H27ClN2OS. The van der Waals surface area contributed by atoms with Crippen molar-refractivity contribution in [2.75, 3.05) is 20.1 Å². The number of halogens is 1. The molecule has 22 heavy (non-hydrogen) atoms. The summed E-state index contributed by atoms with van der Waals surface area (Å²) in [6.45, 7) is 6.01. The molecular weight excluding hydrogens is 316 g/mol. The molecule has 1 aliphatic rings. The third-order valence-corrected chi connectivity index (χ3v) is 5.54. The van der Waals surface area contributed by atoms with Gasteiger partial charge in [-0.25, -0.2) is 0 Å². The van der Waals surface area contributed by atoms with Crippen molar-refractivity contribution in [3.8, 4) is 0 Å². The van der Waals surface area contributed by atoms with Crippen LogP contribution in [0.3, 0.4) is 0 Å². The van der Waals surface area contributed by atoms with E-state index in [1.54, 1.807) is 11.8 Å². The van der Waals surface area contributed by atoms with E-state index in [1.807, 2.05) is 30.1 Å². The van der Waals surface area contributed by atoms with Gasteiger partial charge in [-0.1, -0.05) is 32.0 Å². The Morgan fingerprint density at radius 1 is 1.32 bits per heavy atom. The van der Waals surface area contributed by atoms with Crippen molar-refractivity contribution in [2.24, 2.45) is 5.92 Å². The molecule has 0 aliphatic carbocycles. The smallest absolute Gasteiger partial charge is 0.236 e. The first kappa shape index (κ1) is 19.3. The van der Waals surface area contributed by atoms with Gasteiger partial charge in [-0.15, -0.1) is 24.2 Å². The van der Waals surface area contributed by atoms with Crippen molar-refractivity contribution in [2.45, 2.75) is 42.9 Å². The van der Waals surface area contributed by atoms with Crippen LogP contribution in [0.25, 0.3) is 0 Å². The first-order valence-electron chi connectivity index (χ1n) is 7.79. The topological polar surface area (TPSA) is 32.3 Å². The van der Waals surface area contributed by atoms with Crippen LogP contribution in [0.4, 0.5) is 0 Å². The van der Waals surface area contributed by atoms with Gasteiger partial charge in [-0.2, -0.15) is 0 Å². The van der Waals surface area contributed by atoms with Crippen LogP contribution in [0.1, 0.15) is 26.7 Å². The third kappa shape index (κ3) is 5.18. The Labute approximate surface area is 144 Å². The molecule has 1 aromatic carbocycles. The monoisotopic (exact) mass is 342 g/mol. The summed E-state index contributed by atoms with van der Waals surface area (Å²) >= 11 is 1.70. The van der Waals surface area contributed by atoms with Crippen molar-refractivity contribution >= 4 is 30.1 Å². The van der Waals surface area contributed by atoms with E-state index in [0.29, 0.717) is 17.9 Å². The lowest BCUT2D eigenvalue weighted by Gasteiger charge is -2.35.